The fourth-order valence-corrected chi connectivity index (χ4v) is 3.48. The van der Waals surface area contributed by atoms with E-state index in [0.717, 1.165) is 57.0 Å². The number of aliphatic hydroxyl groups excluding tert-OH is 1. The highest BCUT2D eigenvalue weighted by Crippen LogP contribution is 2.15. The van der Waals surface area contributed by atoms with E-state index in [-0.39, 0.29) is 6.61 Å². The first kappa shape index (κ1) is 20.9. The molecular formula is C18H34N4OS. The number of aliphatic imine (C=N–C) groups is 1. The van der Waals surface area contributed by atoms with Gasteiger partial charge < -0.3 is 15.7 Å². The molecule has 1 aromatic heterocycles. The maximum absolute atomic E-state index is 9.22. The highest BCUT2D eigenvalue weighted by atomic mass is 32.1. The zero-order valence-electron chi connectivity index (χ0n) is 15.6. The monoisotopic (exact) mass is 354 g/mol. The fourth-order valence-electron chi connectivity index (χ4n) is 2.66. The Balaban J connectivity index is 2.39. The zero-order valence-corrected chi connectivity index (χ0v) is 16.5. The number of thiazole rings is 1. The number of aryl methyl sites for hydroxylation is 2. The average molecular weight is 355 g/mol. The minimum Gasteiger partial charge on any atom is -0.396 e. The van der Waals surface area contributed by atoms with E-state index in [1.54, 1.807) is 11.3 Å². The molecular weight excluding hydrogens is 320 g/mol. The Morgan fingerprint density at radius 3 is 2.75 bits per heavy atom. The molecule has 0 aliphatic rings. The molecule has 1 atom stereocenters. The third-order valence-corrected chi connectivity index (χ3v) is 4.75. The van der Waals surface area contributed by atoms with Crippen molar-refractivity contribution in [3.8, 4) is 0 Å². The molecule has 0 fully saturated rings. The van der Waals surface area contributed by atoms with Crippen molar-refractivity contribution in [2.24, 2.45) is 16.8 Å². The Morgan fingerprint density at radius 2 is 2.17 bits per heavy atom. The van der Waals surface area contributed by atoms with E-state index in [1.807, 2.05) is 6.92 Å². The predicted octanol–water partition coefficient (Wildman–Crippen LogP) is 2.98. The summed E-state index contributed by atoms with van der Waals surface area (Å²) in [7, 11) is 0. The molecule has 1 aromatic rings. The Bertz CT molecular complexity index is 473. The molecule has 24 heavy (non-hydrogen) atoms. The van der Waals surface area contributed by atoms with E-state index in [9.17, 15) is 5.11 Å². The molecule has 5 nitrogen and oxygen atoms in total. The lowest BCUT2D eigenvalue weighted by atomic mass is 9.94. The predicted molar refractivity (Wildman–Crippen MR) is 104 cm³/mol. The first-order valence-corrected chi connectivity index (χ1v) is 9.97. The van der Waals surface area contributed by atoms with Crippen LogP contribution in [0.5, 0.6) is 0 Å². The largest absolute Gasteiger partial charge is 0.396 e. The van der Waals surface area contributed by atoms with Crippen LogP contribution in [0, 0.1) is 18.8 Å². The second-order valence-corrected chi connectivity index (χ2v) is 7.58. The van der Waals surface area contributed by atoms with Crippen LogP contribution in [-0.4, -0.2) is 42.3 Å². The smallest absolute Gasteiger partial charge is 0.191 e. The van der Waals surface area contributed by atoms with E-state index in [1.165, 1.54) is 5.01 Å². The normalized spacial score (nSPS) is 13.3. The van der Waals surface area contributed by atoms with Crippen LogP contribution in [0.3, 0.4) is 0 Å². The second-order valence-electron chi connectivity index (χ2n) is 6.64. The highest BCUT2D eigenvalue weighted by Gasteiger charge is 2.10. The first-order chi connectivity index (χ1) is 11.5. The summed E-state index contributed by atoms with van der Waals surface area (Å²) in [6, 6.07) is 0. The van der Waals surface area contributed by atoms with Gasteiger partial charge in [0.25, 0.3) is 0 Å². The van der Waals surface area contributed by atoms with Crippen LogP contribution in [0.25, 0.3) is 0 Å². The van der Waals surface area contributed by atoms with Gasteiger partial charge >= 0.3 is 0 Å². The van der Waals surface area contributed by atoms with Gasteiger partial charge in [0.1, 0.15) is 0 Å². The van der Waals surface area contributed by atoms with Crippen molar-refractivity contribution in [2.75, 3.05) is 26.2 Å². The van der Waals surface area contributed by atoms with Crippen LogP contribution < -0.4 is 10.6 Å². The van der Waals surface area contributed by atoms with Crippen LogP contribution in [0.1, 0.15) is 50.7 Å². The van der Waals surface area contributed by atoms with Gasteiger partial charge in [0.15, 0.2) is 5.96 Å². The number of hydrogen-bond acceptors (Lipinski definition) is 4. The Labute approximate surface area is 151 Å². The fraction of sp³-hybridized carbons (Fsp3) is 0.778. The molecule has 3 N–H and O–H groups in total. The Morgan fingerprint density at radius 1 is 1.38 bits per heavy atom. The number of hydrogen-bond donors (Lipinski definition) is 3. The van der Waals surface area contributed by atoms with E-state index in [4.69, 9.17) is 4.99 Å². The number of rotatable bonds is 11. The molecule has 0 aromatic carbocycles. The number of aromatic nitrogens is 1. The third kappa shape index (κ3) is 9.23. The SMILES string of the molecule is CCNC(=NCC(CCO)CC(C)C)NCCCc1nc(C)cs1. The van der Waals surface area contributed by atoms with E-state index in [0.29, 0.717) is 11.8 Å². The van der Waals surface area contributed by atoms with E-state index in [2.05, 4.69) is 41.8 Å². The molecule has 0 bridgehead atoms. The van der Waals surface area contributed by atoms with Crippen molar-refractivity contribution in [2.45, 2.75) is 53.4 Å². The summed E-state index contributed by atoms with van der Waals surface area (Å²) >= 11 is 1.74. The van der Waals surface area contributed by atoms with Gasteiger partial charge in [-0.1, -0.05) is 13.8 Å². The lowest BCUT2D eigenvalue weighted by molar-refractivity contribution is 0.245. The van der Waals surface area contributed by atoms with Crippen LogP contribution in [0.15, 0.2) is 10.4 Å². The van der Waals surface area contributed by atoms with Crippen molar-refractivity contribution in [1.29, 1.82) is 0 Å². The lowest BCUT2D eigenvalue weighted by Crippen LogP contribution is -2.38. The molecule has 0 amide bonds. The summed E-state index contributed by atoms with van der Waals surface area (Å²) in [5, 5.41) is 19.2. The molecule has 0 spiro atoms. The van der Waals surface area contributed by atoms with Crippen LogP contribution in [0.4, 0.5) is 0 Å². The van der Waals surface area contributed by atoms with Gasteiger partial charge in [-0.05, 0) is 44.9 Å². The molecule has 1 unspecified atom stereocenters. The third-order valence-electron chi connectivity index (χ3n) is 3.72. The Kier molecular flexibility index (Phi) is 10.7. The number of aliphatic hydroxyl groups is 1. The minimum atomic E-state index is 0.240. The van der Waals surface area contributed by atoms with Crippen LogP contribution >= 0.6 is 11.3 Å². The average Bonchev–Trinajstić information content (AvgIpc) is 2.94. The maximum atomic E-state index is 9.22. The lowest BCUT2D eigenvalue weighted by Gasteiger charge is -2.17. The van der Waals surface area contributed by atoms with Gasteiger partial charge in [0, 0.05) is 43.7 Å². The second kappa shape index (κ2) is 12.3. The minimum absolute atomic E-state index is 0.240. The maximum Gasteiger partial charge on any atom is 0.191 e. The quantitative estimate of drug-likeness (QED) is 0.325. The molecule has 6 heteroatoms. The molecule has 0 saturated carbocycles. The number of guanidine groups is 1. The van der Waals surface area contributed by atoms with E-state index < -0.39 is 0 Å². The van der Waals surface area contributed by atoms with Crippen LogP contribution in [0.2, 0.25) is 0 Å². The number of nitrogens with zero attached hydrogens (tertiary/aromatic N) is 2. The molecule has 138 valence electrons. The van der Waals surface area contributed by atoms with Crippen molar-refractivity contribution < 1.29 is 5.11 Å². The summed E-state index contributed by atoms with van der Waals surface area (Å²) < 4.78 is 0. The highest BCUT2D eigenvalue weighted by molar-refractivity contribution is 7.09. The van der Waals surface area contributed by atoms with E-state index >= 15 is 0 Å². The van der Waals surface area contributed by atoms with Gasteiger partial charge in [-0.25, -0.2) is 4.98 Å². The molecule has 0 radical (unpaired) electrons. The number of nitrogens with one attached hydrogen (secondary N) is 2. The topological polar surface area (TPSA) is 69.5 Å². The molecule has 1 rings (SSSR count). The standard InChI is InChI=1S/C18H34N4OS/c1-5-19-18(21-12-16(8-10-23)11-14(2)3)20-9-6-7-17-22-15(4)13-24-17/h13-14,16,23H,5-12H2,1-4H3,(H2,19,20,21). The van der Waals surface area contributed by atoms with Gasteiger partial charge in [-0.15, -0.1) is 11.3 Å². The Hall–Kier alpha value is -1.14. The van der Waals surface area contributed by atoms with Crippen molar-refractivity contribution in [3.63, 3.8) is 0 Å². The van der Waals surface area contributed by atoms with Gasteiger partial charge in [0.2, 0.25) is 0 Å². The summed E-state index contributed by atoms with van der Waals surface area (Å²) in [6.45, 7) is 11.3. The zero-order chi connectivity index (χ0) is 17.8. The van der Waals surface area contributed by atoms with Gasteiger partial charge in [-0.2, -0.15) is 0 Å². The molecule has 0 aliphatic carbocycles. The van der Waals surface area contributed by atoms with Crippen LogP contribution in [-0.2, 0) is 6.42 Å². The first-order valence-electron chi connectivity index (χ1n) is 9.09. The molecule has 0 aliphatic heterocycles. The van der Waals surface area contributed by atoms with Gasteiger partial charge in [-0.3, -0.25) is 4.99 Å². The summed E-state index contributed by atoms with van der Waals surface area (Å²) in [4.78, 5) is 9.20. The summed E-state index contributed by atoms with van der Waals surface area (Å²) in [6.07, 6.45) is 3.98. The molecule has 0 saturated heterocycles. The molecule has 1 heterocycles. The van der Waals surface area contributed by atoms with Crippen molar-refractivity contribution >= 4 is 17.3 Å². The summed E-state index contributed by atoms with van der Waals surface area (Å²) in [5.74, 6) is 1.96. The summed E-state index contributed by atoms with van der Waals surface area (Å²) in [5.41, 5.74) is 1.11. The van der Waals surface area contributed by atoms with Crippen molar-refractivity contribution in [1.82, 2.24) is 15.6 Å². The van der Waals surface area contributed by atoms with Crippen molar-refractivity contribution in [3.05, 3.63) is 16.1 Å². The van der Waals surface area contributed by atoms with Gasteiger partial charge in [0.05, 0.1) is 5.01 Å².